The van der Waals surface area contributed by atoms with Gasteiger partial charge in [0.25, 0.3) is 0 Å². The van der Waals surface area contributed by atoms with E-state index < -0.39 is 29.7 Å². The number of hydrogen-bond acceptors (Lipinski definition) is 10. The number of nitrogens with one attached hydrogen (secondary N) is 2. The number of carbonyl (C=O) groups excluding carboxylic acids is 2. The fourth-order valence-electron chi connectivity index (χ4n) is 6.79. The molecule has 2 aromatic heterocycles. The molecule has 2 unspecified atom stereocenters. The minimum absolute atomic E-state index is 0.104. The van der Waals surface area contributed by atoms with Gasteiger partial charge in [-0.2, -0.15) is 0 Å². The van der Waals surface area contributed by atoms with E-state index in [2.05, 4.69) is 21.7 Å². The van der Waals surface area contributed by atoms with E-state index in [1.165, 1.54) is 11.3 Å². The number of para-hydroxylation sites is 1. The second-order valence-corrected chi connectivity index (χ2v) is 13.7. The highest BCUT2D eigenvalue weighted by molar-refractivity contribution is 7.13. The second-order valence-electron chi connectivity index (χ2n) is 12.8. The number of thiazole rings is 1. The number of aliphatic hydroxyl groups excluding tert-OH is 2. The first-order chi connectivity index (χ1) is 21.6. The van der Waals surface area contributed by atoms with Gasteiger partial charge in [0.05, 0.1) is 12.3 Å². The number of amides is 1. The van der Waals surface area contributed by atoms with Crippen LogP contribution in [0.5, 0.6) is 5.75 Å². The van der Waals surface area contributed by atoms with Crippen molar-refractivity contribution < 1.29 is 29.0 Å². The smallest absolute Gasteiger partial charge is 0.224 e. The number of oxazole rings is 1. The van der Waals surface area contributed by atoms with E-state index in [0.29, 0.717) is 40.2 Å². The van der Waals surface area contributed by atoms with Crippen LogP contribution in [-0.4, -0.2) is 44.2 Å². The van der Waals surface area contributed by atoms with Crippen molar-refractivity contribution in [2.75, 3.05) is 5.32 Å². The van der Waals surface area contributed by atoms with Crippen molar-refractivity contribution in [3.8, 4) is 16.5 Å². The minimum Gasteiger partial charge on any atom is -0.469 e. The molecule has 0 saturated heterocycles. The molecule has 4 aromatic rings. The maximum Gasteiger partial charge on any atom is 0.224 e. The van der Waals surface area contributed by atoms with Crippen molar-refractivity contribution in [1.82, 2.24) is 15.3 Å². The predicted molar refractivity (Wildman–Crippen MR) is 168 cm³/mol. The fraction of sp³-hybridized carbons (Fsp3) is 0.412. The van der Waals surface area contributed by atoms with Crippen LogP contribution in [0.2, 0.25) is 0 Å². The number of Topliss-reactive ketones (excluding diaryl/α,β-unsaturated/α-hetero) is 1. The lowest BCUT2D eigenvalue weighted by molar-refractivity contribution is -0.135. The molecule has 5 atom stereocenters. The highest BCUT2D eigenvalue weighted by atomic mass is 32.1. The molecule has 0 saturated carbocycles. The van der Waals surface area contributed by atoms with E-state index in [-0.39, 0.29) is 36.6 Å². The Balaban J connectivity index is 1.48. The molecule has 10 nitrogen and oxygen atoms in total. The third kappa shape index (κ3) is 4.67. The third-order valence-electron chi connectivity index (χ3n) is 9.16. The zero-order chi connectivity index (χ0) is 31.6. The van der Waals surface area contributed by atoms with Gasteiger partial charge in [-0.15, -0.1) is 11.3 Å². The summed E-state index contributed by atoms with van der Waals surface area (Å²) >= 11 is 1.37. The van der Waals surface area contributed by atoms with Gasteiger partial charge in [0, 0.05) is 29.0 Å². The van der Waals surface area contributed by atoms with Crippen LogP contribution in [0, 0.1) is 17.8 Å². The first-order valence-electron chi connectivity index (χ1n) is 15.4. The van der Waals surface area contributed by atoms with Crippen LogP contribution in [0.1, 0.15) is 74.2 Å². The molecule has 3 aliphatic rings. The number of nitrogens with zero attached hydrogens (tertiary/aromatic N) is 2. The van der Waals surface area contributed by atoms with Gasteiger partial charge >= 0.3 is 0 Å². The molecular weight excluding hydrogens is 592 g/mol. The lowest BCUT2D eigenvalue weighted by Gasteiger charge is -2.28. The van der Waals surface area contributed by atoms with Crippen molar-refractivity contribution >= 4 is 28.7 Å². The Morgan fingerprint density at radius 3 is 2.64 bits per heavy atom. The Labute approximate surface area is 264 Å². The van der Waals surface area contributed by atoms with Gasteiger partial charge in [-0.25, -0.2) is 9.97 Å². The Kier molecular flexibility index (Phi) is 7.30. The molecule has 45 heavy (non-hydrogen) atoms. The molecule has 0 aliphatic carbocycles. The first-order valence-corrected chi connectivity index (χ1v) is 16.2. The molecule has 4 bridgehead atoms. The summed E-state index contributed by atoms with van der Waals surface area (Å²) in [7, 11) is 0. The normalized spacial score (nSPS) is 23.8. The Morgan fingerprint density at radius 1 is 1.11 bits per heavy atom. The molecule has 0 fully saturated rings. The third-order valence-corrected chi connectivity index (χ3v) is 10.1. The lowest BCUT2D eigenvalue weighted by Crippen LogP contribution is -2.41. The maximum absolute atomic E-state index is 14.0. The fourth-order valence-corrected chi connectivity index (χ4v) is 7.58. The number of benzene rings is 2. The van der Waals surface area contributed by atoms with Crippen LogP contribution >= 0.6 is 11.3 Å². The average Bonchev–Trinajstić information content (AvgIpc) is 3.79. The topological polar surface area (TPSA) is 147 Å². The van der Waals surface area contributed by atoms with E-state index in [1.54, 1.807) is 19.2 Å². The van der Waals surface area contributed by atoms with Crippen molar-refractivity contribution in [2.24, 2.45) is 17.8 Å². The van der Waals surface area contributed by atoms with Gasteiger partial charge in [0.2, 0.25) is 11.8 Å². The molecule has 234 valence electrons. The number of rotatable bonds is 7. The second kappa shape index (κ2) is 11.1. The van der Waals surface area contributed by atoms with Gasteiger partial charge in [-0.1, -0.05) is 58.0 Å². The number of anilines is 1. The summed E-state index contributed by atoms with van der Waals surface area (Å²) in [6, 6.07) is 13.3. The molecular formula is C34H36N4O6S. The Morgan fingerprint density at radius 2 is 1.91 bits per heavy atom. The van der Waals surface area contributed by atoms with E-state index >= 15 is 0 Å². The molecule has 11 heteroatoms. The summed E-state index contributed by atoms with van der Waals surface area (Å²) in [5.41, 5.74) is 3.68. The quantitative estimate of drug-likeness (QED) is 0.228. The molecule has 4 N–H and O–H groups in total. The van der Waals surface area contributed by atoms with Gasteiger partial charge in [-0.3, -0.25) is 9.59 Å². The Bertz CT molecular complexity index is 1800. The highest BCUT2D eigenvalue weighted by Gasteiger charge is 2.61. The maximum atomic E-state index is 14.0. The van der Waals surface area contributed by atoms with Gasteiger partial charge < -0.3 is 30.0 Å². The van der Waals surface area contributed by atoms with Gasteiger partial charge in [0.1, 0.15) is 34.0 Å². The van der Waals surface area contributed by atoms with E-state index in [1.807, 2.05) is 50.2 Å². The van der Waals surface area contributed by atoms with Crippen molar-refractivity contribution in [3.05, 3.63) is 81.9 Å². The van der Waals surface area contributed by atoms with Gasteiger partial charge in [-0.05, 0) is 41.5 Å². The molecule has 2 aromatic carbocycles. The largest absolute Gasteiger partial charge is 0.469 e. The predicted octanol–water partition coefficient (Wildman–Crippen LogP) is 4.73. The van der Waals surface area contributed by atoms with E-state index in [9.17, 15) is 19.8 Å². The van der Waals surface area contributed by atoms with Crippen LogP contribution in [0.15, 0.2) is 52.3 Å². The summed E-state index contributed by atoms with van der Waals surface area (Å²) in [5.74, 6) is -0.247. The summed E-state index contributed by atoms with van der Waals surface area (Å²) in [4.78, 5) is 36.8. The number of aliphatic hydroxyl groups is 2. The van der Waals surface area contributed by atoms with Crippen LogP contribution in [0.25, 0.3) is 10.7 Å². The van der Waals surface area contributed by atoms with Crippen LogP contribution in [-0.2, 0) is 28.0 Å². The lowest BCUT2D eigenvalue weighted by atomic mass is 9.72. The standard InChI is InChI=1S/C34H36N4O6S/c1-16(2)26-31-38-27(32-35-20(14-39)15-45-32)29(44-31)34-21-7-5-6-8-23(21)36-33(34)43-25-10-9-18(12-22(25)34)11-19(30(42)37-26)13-24(40)28(41)17(3)4/h5-10,12,15-17,19,26,28,33,36,39,41H,11,13-14H2,1-4H3,(H,37,42)/t19?,26-,28-,33-,34?/m0/s1. The molecule has 7 rings (SSSR count). The number of carbonyl (C=O) groups is 2. The molecule has 0 radical (unpaired) electrons. The van der Waals surface area contributed by atoms with Crippen LogP contribution in [0.4, 0.5) is 5.69 Å². The summed E-state index contributed by atoms with van der Waals surface area (Å²) in [6.07, 6.45) is -1.52. The molecule has 5 heterocycles. The monoisotopic (exact) mass is 628 g/mol. The Hall–Kier alpha value is -4.06. The first kappa shape index (κ1) is 29.6. The summed E-state index contributed by atoms with van der Waals surface area (Å²) in [5, 5.41) is 29.5. The summed E-state index contributed by atoms with van der Waals surface area (Å²) < 4.78 is 13.4. The van der Waals surface area contributed by atoms with Gasteiger partial charge in [0.15, 0.2) is 17.8 Å². The number of ketones is 1. The zero-order valence-corrected chi connectivity index (χ0v) is 26.4. The number of aromatic nitrogens is 2. The van der Waals surface area contributed by atoms with E-state index in [4.69, 9.17) is 14.1 Å². The number of ether oxygens (including phenoxy) is 1. The van der Waals surface area contributed by atoms with Crippen LogP contribution in [0.3, 0.4) is 0 Å². The van der Waals surface area contributed by atoms with Crippen molar-refractivity contribution in [1.29, 1.82) is 0 Å². The number of fused-ring (bicyclic) bond motifs is 4. The van der Waals surface area contributed by atoms with Crippen molar-refractivity contribution in [2.45, 2.75) is 70.9 Å². The average molecular weight is 629 g/mol. The van der Waals surface area contributed by atoms with Crippen molar-refractivity contribution in [3.63, 3.8) is 0 Å². The molecule has 3 aliphatic heterocycles. The van der Waals surface area contributed by atoms with Crippen LogP contribution < -0.4 is 15.4 Å². The number of hydrogen-bond donors (Lipinski definition) is 4. The van der Waals surface area contributed by atoms with E-state index in [0.717, 1.165) is 22.4 Å². The zero-order valence-electron chi connectivity index (χ0n) is 25.5. The highest BCUT2D eigenvalue weighted by Crippen LogP contribution is 2.59. The molecule has 1 amide bonds. The summed E-state index contributed by atoms with van der Waals surface area (Å²) in [6.45, 7) is 7.31. The molecule has 1 spiro atoms. The minimum atomic E-state index is -1.16. The SMILES string of the molecule is CC(C)[C@H](O)C(=O)CC1Cc2ccc3c(c2)C2(c4ccccc4N[C@H]2O3)c2oc(nc2-c2nc(CO)cs2)[C@H](C(C)C)NC1=O.